The van der Waals surface area contributed by atoms with Crippen molar-refractivity contribution in [3.05, 3.63) is 23.8 Å². The average molecular weight is 514 g/mol. The number of carbonyl (C=O) groups excluding carboxylic acids is 1. The summed E-state index contributed by atoms with van der Waals surface area (Å²) in [6.07, 6.45) is 1.13. The Morgan fingerprint density at radius 3 is 2.57 bits per heavy atom. The Morgan fingerprint density at radius 2 is 2.00 bits per heavy atom. The smallest absolute Gasteiger partial charge is 0.387 e. The highest BCUT2D eigenvalue weighted by Crippen LogP contribution is 2.26. The average Bonchev–Trinajstić information content (AvgIpc) is 2.63. The summed E-state index contributed by atoms with van der Waals surface area (Å²) >= 11 is 0. The van der Waals surface area contributed by atoms with Crippen molar-refractivity contribution in [1.29, 1.82) is 0 Å². The molecule has 0 spiro atoms. The summed E-state index contributed by atoms with van der Waals surface area (Å²) in [6.45, 7) is 0.144. The van der Waals surface area contributed by atoms with Crippen LogP contribution in [0.25, 0.3) is 0 Å². The van der Waals surface area contributed by atoms with E-state index in [1.54, 1.807) is 33.3 Å². The van der Waals surface area contributed by atoms with Gasteiger partial charge in [0.25, 0.3) is 0 Å². The highest BCUT2D eigenvalue weighted by molar-refractivity contribution is 14.0. The molecule has 28 heavy (non-hydrogen) atoms. The molecule has 0 unspecified atom stereocenters. The Bertz CT molecular complexity index is 631. The van der Waals surface area contributed by atoms with Gasteiger partial charge in [0.1, 0.15) is 11.5 Å². The fraction of sp³-hybridized carbons (Fsp3) is 0.556. The molecule has 10 heteroatoms. The Morgan fingerprint density at radius 1 is 1.29 bits per heavy atom. The maximum atomic E-state index is 12.7. The van der Waals surface area contributed by atoms with E-state index in [1.165, 1.54) is 11.0 Å². The van der Waals surface area contributed by atoms with Crippen molar-refractivity contribution in [2.24, 2.45) is 4.99 Å². The summed E-state index contributed by atoms with van der Waals surface area (Å²) < 4.78 is 35.5. The number of hydrogen-bond acceptors (Lipinski definition) is 4. The fourth-order valence-electron chi connectivity index (χ4n) is 2.11. The minimum atomic E-state index is -2.93. The summed E-state index contributed by atoms with van der Waals surface area (Å²) in [5, 5.41) is 6.02. The number of ether oxygens (including phenoxy) is 2. The van der Waals surface area contributed by atoms with Gasteiger partial charge in [0, 0.05) is 52.3 Å². The van der Waals surface area contributed by atoms with E-state index in [0.29, 0.717) is 36.8 Å². The number of aliphatic imine (C=N–C) groups is 1. The Kier molecular flexibility index (Phi) is 13.3. The monoisotopic (exact) mass is 514 g/mol. The molecule has 0 aliphatic rings. The van der Waals surface area contributed by atoms with E-state index in [0.717, 1.165) is 6.42 Å². The first kappa shape index (κ1) is 26.1. The first-order valence-corrected chi connectivity index (χ1v) is 8.72. The van der Waals surface area contributed by atoms with Crippen LogP contribution in [0.5, 0.6) is 11.5 Å². The maximum absolute atomic E-state index is 12.7. The molecule has 160 valence electrons. The van der Waals surface area contributed by atoms with Gasteiger partial charge in [-0.05, 0) is 18.6 Å². The van der Waals surface area contributed by atoms with Crippen LogP contribution in [0.15, 0.2) is 23.2 Å². The van der Waals surface area contributed by atoms with Crippen molar-refractivity contribution in [3.63, 3.8) is 0 Å². The number of nitrogens with zero attached hydrogens (tertiary/aromatic N) is 2. The SMILES string of the molecule is CCCOc1ccc(CNC(=NC)NCCC(=O)N(C)C)c(OC(F)F)c1.I. The molecule has 0 atom stereocenters. The molecule has 2 N–H and O–H groups in total. The number of rotatable bonds is 10. The van der Waals surface area contributed by atoms with Gasteiger partial charge in [-0.15, -0.1) is 24.0 Å². The first-order valence-electron chi connectivity index (χ1n) is 8.72. The zero-order chi connectivity index (χ0) is 20.2. The predicted octanol–water partition coefficient (Wildman–Crippen LogP) is 2.84. The highest BCUT2D eigenvalue weighted by Gasteiger charge is 2.12. The number of nitrogens with one attached hydrogen (secondary N) is 2. The molecule has 0 bridgehead atoms. The summed E-state index contributed by atoms with van der Waals surface area (Å²) in [5.74, 6) is 0.967. The minimum Gasteiger partial charge on any atom is -0.493 e. The van der Waals surface area contributed by atoms with Crippen LogP contribution in [0.4, 0.5) is 8.78 Å². The molecule has 1 amide bonds. The molecule has 0 saturated heterocycles. The molecule has 0 heterocycles. The molecule has 0 aliphatic heterocycles. The molecule has 0 aliphatic carbocycles. The third-order valence-corrected chi connectivity index (χ3v) is 3.53. The number of halogens is 3. The number of amides is 1. The van der Waals surface area contributed by atoms with Crippen LogP contribution in [0.1, 0.15) is 25.3 Å². The molecule has 0 radical (unpaired) electrons. The molecule has 0 fully saturated rings. The van der Waals surface area contributed by atoms with Gasteiger partial charge in [0.15, 0.2) is 5.96 Å². The zero-order valence-corrected chi connectivity index (χ0v) is 19.0. The summed E-state index contributed by atoms with van der Waals surface area (Å²) in [5.41, 5.74) is 0.534. The van der Waals surface area contributed by atoms with Gasteiger partial charge in [-0.3, -0.25) is 9.79 Å². The van der Waals surface area contributed by atoms with Crippen LogP contribution in [0.2, 0.25) is 0 Å². The molecule has 1 rings (SSSR count). The first-order chi connectivity index (χ1) is 12.9. The van der Waals surface area contributed by atoms with Crippen molar-refractivity contribution < 1.29 is 23.0 Å². The van der Waals surface area contributed by atoms with Crippen LogP contribution in [0, 0.1) is 0 Å². The van der Waals surface area contributed by atoms with Crippen LogP contribution < -0.4 is 20.1 Å². The van der Waals surface area contributed by atoms with E-state index in [1.807, 2.05) is 6.92 Å². The van der Waals surface area contributed by atoms with Gasteiger partial charge in [-0.1, -0.05) is 6.92 Å². The second-order valence-electron chi connectivity index (χ2n) is 5.89. The third-order valence-electron chi connectivity index (χ3n) is 3.53. The van der Waals surface area contributed by atoms with Crippen molar-refractivity contribution >= 4 is 35.8 Å². The number of guanidine groups is 1. The van der Waals surface area contributed by atoms with Crippen LogP contribution in [-0.2, 0) is 11.3 Å². The Hall–Kier alpha value is -1.85. The van der Waals surface area contributed by atoms with E-state index in [2.05, 4.69) is 20.4 Å². The zero-order valence-electron chi connectivity index (χ0n) is 16.6. The second kappa shape index (κ2) is 14.2. The normalized spacial score (nSPS) is 10.9. The topological polar surface area (TPSA) is 75.2 Å². The number of benzene rings is 1. The second-order valence-corrected chi connectivity index (χ2v) is 5.89. The number of hydrogen-bond donors (Lipinski definition) is 2. The van der Waals surface area contributed by atoms with Crippen LogP contribution in [0.3, 0.4) is 0 Å². The summed E-state index contributed by atoms with van der Waals surface area (Å²) in [6, 6.07) is 4.82. The van der Waals surface area contributed by atoms with Crippen molar-refractivity contribution in [1.82, 2.24) is 15.5 Å². The van der Waals surface area contributed by atoms with Crippen LogP contribution >= 0.6 is 24.0 Å². The van der Waals surface area contributed by atoms with E-state index in [-0.39, 0.29) is 42.2 Å². The van der Waals surface area contributed by atoms with Crippen LogP contribution in [-0.4, -0.2) is 57.7 Å². The lowest BCUT2D eigenvalue weighted by molar-refractivity contribution is -0.128. The number of alkyl halides is 2. The quantitative estimate of drug-likeness (QED) is 0.286. The maximum Gasteiger partial charge on any atom is 0.387 e. The summed E-state index contributed by atoms with van der Waals surface area (Å²) in [4.78, 5) is 17.1. The lowest BCUT2D eigenvalue weighted by Gasteiger charge is -2.16. The van der Waals surface area contributed by atoms with E-state index in [4.69, 9.17) is 4.74 Å². The minimum absolute atomic E-state index is 0. The van der Waals surface area contributed by atoms with Gasteiger partial charge in [-0.2, -0.15) is 8.78 Å². The Balaban J connectivity index is 0.00000729. The van der Waals surface area contributed by atoms with Crippen molar-refractivity contribution in [2.75, 3.05) is 34.3 Å². The van der Waals surface area contributed by atoms with Gasteiger partial charge in [0.2, 0.25) is 5.91 Å². The standard InChI is InChI=1S/C18H28F2N4O3.HI/c1-5-10-26-14-7-6-13(15(11-14)27-17(19)20)12-23-18(21-2)22-9-8-16(25)24(3)4;/h6-7,11,17H,5,8-10,12H2,1-4H3,(H2,21,22,23);1H. The molecular formula is C18H29F2IN4O3. The molecule has 1 aromatic carbocycles. The molecule has 7 nitrogen and oxygen atoms in total. The molecule has 1 aromatic rings. The van der Waals surface area contributed by atoms with E-state index < -0.39 is 6.61 Å². The molecule has 0 saturated carbocycles. The van der Waals surface area contributed by atoms with Gasteiger partial charge in [0.05, 0.1) is 6.61 Å². The van der Waals surface area contributed by atoms with Gasteiger partial charge in [-0.25, -0.2) is 0 Å². The van der Waals surface area contributed by atoms with Crippen molar-refractivity contribution in [3.8, 4) is 11.5 Å². The predicted molar refractivity (Wildman–Crippen MR) is 116 cm³/mol. The largest absolute Gasteiger partial charge is 0.493 e. The lowest BCUT2D eigenvalue weighted by Crippen LogP contribution is -2.38. The molecular weight excluding hydrogens is 485 g/mol. The van der Waals surface area contributed by atoms with E-state index >= 15 is 0 Å². The molecule has 0 aromatic heterocycles. The summed E-state index contributed by atoms with van der Waals surface area (Å²) in [7, 11) is 4.96. The highest BCUT2D eigenvalue weighted by atomic mass is 127. The van der Waals surface area contributed by atoms with Gasteiger partial charge >= 0.3 is 6.61 Å². The third kappa shape index (κ3) is 9.90. The number of carbonyl (C=O) groups is 1. The van der Waals surface area contributed by atoms with E-state index in [9.17, 15) is 13.6 Å². The lowest BCUT2D eigenvalue weighted by atomic mass is 10.2. The van der Waals surface area contributed by atoms with Crippen molar-refractivity contribution in [2.45, 2.75) is 32.9 Å². The van der Waals surface area contributed by atoms with Gasteiger partial charge < -0.3 is 25.0 Å². The Labute approximate surface area is 181 Å². The fourth-order valence-corrected chi connectivity index (χ4v) is 2.11.